The topological polar surface area (TPSA) is 3.24 Å². The van der Waals surface area contributed by atoms with Crippen molar-refractivity contribution in [3.05, 3.63) is 224 Å². The minimum Gasteiger partial charge on any atom is -0.310 e. The number of nitrogens with zero attached hydrogens (tertiary/aromatic N) is 1. The van der Waals surface area contributed by atoms with E-state index >= 15 is 0 Å². The quantitative estimate of drug-likeness (QED) is 0.155. The summed E-state index contributed by atoms with van der Waals surface area (Å²) in [4.78, 5) is 2.38. The van der Waals surface area contributed by atoms with E-state index in [2.05, 4.69) is 229 Å². The molecule has 0 heterocycles. The van der Waals surface area contributed by atoms with Gasteiger partial charge in [0.1, 0.15) is 0 Å². The summed E-state index contributed by atoms with van der Waals surface area (Å²) >= 11 is 0. The van der Waals surface area contributed by atoms with Crippen LogP contribution in [0.5, 0.6) is 0 Å². The van der Waals surface area contributed by atoms with E-state index in [1.165, 1.54) is 66.4 Å². The van der Waals surface area contributed by atoms with Crippen molar-refractivity contribution in [3.63, 3.8) is 0 Å². The van der Waals surface area contributed by atoms with E-state index in [1.54, 1.807) is 0 Å². The zero-order chi connectivity index (χ0) is 35.4. The second-order valence-electron chi connectivity index (χ2n) is 13.4. The van der Waals surface area contributed by atoms with Crippen LogP contribution in [0.25, 0.3) is 66.4 Å². The van der Waals surface area contributed by atoms with Gasteiger partial charge in [-0.25, -0.2) is 0 Å². The minimum atomic E-state index is 1.10. The highest BCUT2D eigenvalue weighted by atomic mass is 15.1. The Morgan fingerprint density at radius 3 is 1.26 bits per heavy atom. The SMILES string of the molecule is c1ccc(-c2ccc(-c3ccc(N(c4cccc(-c5cccc(-c6ccccc6)c5)c4)c4cccc(-c5cccc6ccccc56)c4)cc3)cc2)cc1. The summed E-state index contributed by atoms with van der Waals surface area (Å²) in [6.45, 7) is 0. The van der Waals surface area contributed by atoms with Crippen molar-refractivity contribution in [2.75, 3.05) is 4.90 Å². The molecule has 0 radical (unpaired) electrons. The van der Waals surface area contributed by atoms with Crippen LogP contribution in [0, 0.1) is 0 Å². The average Bonchev–Trinajstić information content (AvgIpc) is 3.25. The van der Waals surface area contributed by atoms with E-state index in [-0.39, 0.29) is 0 Å². The maximum atomic E-state index is 2.38. The Labute approximate surface area is 311 Å². The lowest BCUT2D eigenvalue weighted by atomic mass is 9.97. The van der Waals surface area contributed by atoms with E-state index in [9.17, 15) is 0 Å². The van der Waals surface area contributed by atoms with E-state index in [0.29, 0.717) is 0 Å². The standard InChI is InChI=1S/C52H37N/c1-3-13-38(14-4-1)40-27-29-41(30-28-40)42-31-33-48(34-32-42)53(50-24-11-22-47(37-50)52-26-12-18-43-17-7-8-25-51(43)52)49-23-10-21-46(36-49)45-20-9-19-44(35-45)39-15-5-2-6-16-39/h1-37H. The Kier molecular flexibility index (Phi) is 8.66. The molecule has 0 saturated carbocycles. The van der Waals surface area contributed by atoms with Crippen molar-refractivity contribution in [3.8, 4) is 55.6 Å². The summed E-state index contributed by atoms with van der Waals surface area (Å²) in [6, 6.07) is 80.8. The first-order valence-corrected chi connectivity index (χ1v) is 18.2. The van der Waals surface area contributed by atoms with Gasteiger partial charge in [0.2, 0.25) is 0 Å². The van der Waals surface area contributed by atoms with E-state index in [4.69, 9.17) is 0 Å². The molecule has 1 heteroatoms. The van der Waals surface area contributed by atoms with Crippen LogP contribution in [0.3, 0.4) is 0 Å². The number of hydrogen-bond donors (Lipinski definition) is 0. The van der Waals surface area contributed by atoms with Gasteiger partial charge in [-0.2, -0.15) is 0 Å². The number of rotatable bonds is 8. The van der Waals surface area contributed by atoms with Gasteiger partial charge in [0.25, 0.3) is 0 Å². The molecule has 0 unspecified atom stereocenters. The Bertz CT molecular complexity index is 2640. The van der Waals surface area contributed by atoms with Gasteiger partial charge >= 0.3 is 0 Å². The summed E-state index contributed by atoms with van der Waals surface area (Å²) < 4.78 is 0. The van der Waals surface area contributed by atoms with Crippen LogP contribution in [0.15, 0.2) is 224 Å². The molecule has 53 heavy (non-hydrogen) atoms. The van der Waals surface area contributed by atoms with Crippen LogP contribution in [-0.2, 0) is 0 Å². The van der Waals surface area contributed by atoms with Crippen LogP contribution < -0.4 is 4.90 Å². The third kappa shape index (κ3) is 6.65. The molecule has 9 aromatic carbocycles. The van der Waals surface area contributed by atoms with Crippen molar-refractivity contribution >= 4 is 27.8 Å². The summed E-state index contributed by atoms with van der Waals surface area (Å²) in [5.41, 5.74) is 15.3. The summed E-state index contributed by atoms with van der Waals surface area (Å²) in [5.74, 6) is 0. The molecule has 1 nitrogen and oxygen atoms in total. The fourth-order valence-electron chi connectivity index (χ4n) is 7.36. The van der Waals surface area contributed by atoms with Gasteiger partial charge < -0.3 is 4.90 Å². The molecule has 0 amide bonds. The molecule has 0 spiro atoms. The smallest absolute Gasteiger partial charge is 0.0467 e. The predicted molar refractivity (Wildman–Crippen MR) is 226 cm³/mol. The highest BCUT2D eigenvalue weighted by molar-refractivity contribution is 5.97. The van der Waals surface area contributed by atoms with Crippen molar-refractivity contribution in [2.45, 2.75) is 0 Å². The minimum absolute atomic E-state index is 1.10. The van der Waals surface area contributed by atoms with Gasteiger partial charge in [-0.15, -0.1) is 0 Å². The largest absolute Gasteiger partial charge is 0.310 e. The number of anilines is 3. The molecule has 250 valence electrons. The van der Waals surface area contributed by atoms with E-state index in [1.807, 2.05) is 0 Å². The third-order valence-corrected chi connectivity index (χ3v) is 10.1. The fraction of sp³-hybridized carbons (Fsp3) is 0. The Morgan fingerprint density at radius 2 is 0.623 bits per heavy atom. The van der Waals surface area contributed by atoms with Gasteiger partial charge in [-0.1, -0.05) is 182 Å². The average molecular weight is 676 g/mol. The lowest BCUT2D eigenvalue weighted by molar-refractivity contribution is 1.28. The molecule has 9 aromatic rings. The van der Waals surface area contributed by atoms with Crippen LogP contribution in [-0.4, -0.2) is 0 Å². The normalized spacial score (nSPS) is 11.0. The Morgan fingerprint density at radius 1 is 0.226 bits per heavy atom. The van der Waals surface area contributed by atoms with E-state index < -0.39 is 0 Å². The lowest BCUT2D eigenvalue weighted by Crippen LogP contribution is -2.10. The van der Waals surface area contributed by atoms with Gasteiger partial charge in [-0.3, -0.25) is 0 Å². The Balaban J connectivity index is 1.12. The van der Waals surface area contributed by atoms with Gasteiger partial charge in [0.05, 0.1) is 0 Å². The van der Waals surface area contributed by atoms with Gasteiger partial charge in [0, 0.05) is 17.1 Å². The third-order valence-electron chi connectivity index (χ3n) is 10.1. The van der Waals surface area contributed by atoms with E-state index in [0.717, 1.165) is 17.1 Å². The highest BCUT2D eigenvalue weighted by Gasteiger charge is 2.16. The predicted octanol–water partition coefficient (Wildman–Crippen LogP) is 14.6. The summed E-state index contributed by atoms with van der Waals surface area (Å²) in [6.07, 6.45) is 0. The molecule has 0 aliphatic rings. The zero-order valence-electron chi connectivity index (χ0n) is 29.3. The van der Waals surface area contributed by atoms with Gasteiger partial charge in [0.15, 0.2) is 0 Å². The molecule has 0 aliphatic carbocycles. The molecular weight excluding hydrogens is 639 g/mol. The number of benzene rings is 9. The van der Waals surface area contributed by atoms with Crippen LogP contribution in [0.1, 0.15) is 0 Å². The van der Waals surface area contributed by atoms with Crippen molar-refractivity contribution in [2.24, 2.45) is 0 Å². The summed E-state index contributed by atoms with van der Waals surface area (Å²) in [7, 11) is 0. The molecule has 0 N–H and O–H groups in total. The highest BCUT2D eigenvalue weighted by Crippen LogP contribution is 2.40. The van der Waals surface area contributed by atoms with Crippen molar-refractivity contribution < 1.29 is 0 Å². The molecule has 0 fully saturated rings. The first-order valence-electron chi connectivity index (χ1n) is 18.2. The first-order chi connectivity index (χ1) is 26.3. The van der Waals surface area contributed by atoms with Crippen LogP contribution in [0.4, 0.5) is 17.1 Å². The van der Waals surface area contributed by atoms with Gasteiger partial charge in [-0.05, 0) is 109 Å². The maximum Gasteiger partial charge on any atom is 0.0467 e. The van der Waals surface area contributed by atoms with Crippen molar-refractivity contribution in [1.29, 1.82) is 0 Å². The summed E-state index contributed by atoms with van der Waals surface area (Å²) in [5, 5.41) is 2.49. The number of fused-ring (bicyclic) bond motifs is 1. The fourth-order valence-corrected chi connectivity index (χ4v) is 7.36. The maximum absolute atomic E-state index is 2.38. The number of hydrogen-bond acceptors (Lipinski definition) is 1. The van der Waals surface area contributed by atoms with Crippen LogP contribution >= 0.6 is 0 Å². The van der Waals surface area contributed by atoms with Crippen LogP contribution in [0.2, 0.25) is 0 Å². The first kappa shape index (κ1) is 32.0. The van der Waals surface area contributed by atoms with Crippen molar-refractivity contribution in [1.82, 2.24) is 0 Å². The zero-order valence-corrected chi connectivity index (χ0v) is 29.3. The molecular formula is C52H37N. The second kappa shape index (κ2) is 14.3. The monoisotopic (exact) mass is 675 g/mol. The molecule has 0 aromatic heterocycles. The molecule has 9 rings (SSSR count). The second-order valence-corrected chi connectivity index (χ2v) is 13.4. The molecule has 0 saturated heterocycles. The molecule has 0 bridgehead atoms. The molecule has 0 aliphatic heterocycles. The lowest BCUT2D eigenvalue weighted by Gasteiger charge is -2.27. The Hall–Kier alpha value is -6.96. The molecule has 0 atom stereocenters.